The average Bonchev–Trinajstić information content (AvgIpc) is 3.03. The van der Waals surface area contributed by atoms with Crippen LogP contribution in [0.3, 0.4) is 0 Å². The van der Waals surface area contributed by atoms with Gasteiger partial charge in [-0.3, -0.25) is 9.69 Å². The third-order valence-electron chi connectivity index (χ3n) is 5.42. The molecule has 26 heavy (non-hydrogen) atoms. The van der Waals surface area contributed by atoms with Gasteiger partial charge in [0.2, 0.25) is 5.91 Å². The molecule has 2 aromatic rings. The van der Waals surface area contributed by atoms with Crippen LogP contribution in [0.5, 0.6) is 0 Å². The number of ether oxygens (including phenoxy) is 1. The number of amides is 1. The lowest BCUT2D eigenvalue weighted by atomic mass is 9.91. The Hall–Kier alpha value is -1.76. The van der Waals surface area contributed by atoms with Crippen LogP contribution in [0, 0.1) is 6.92 Å². The summed E-state index contributed by atoms with van der Waals surface area (Å²) < 4.78 is 6.06. The molecular weight excluding hydrogens is 346 g/mol. The van der Waals surface area contributed by atoms with Crippen molar-refractivity contribution >= 4 is 17.2 Å². The van der Waals surface area contributed by atoms with Crippen molar-refractivity contribution in [2.45, 2.75) is 38.3 Å². The van der Waals surface area contributed by atoms with E-state index in [0.29, 0.717) is 19.6 Å². The Labute approximate surface area is 158 Å². The van der Waals surface area contributed by atoms with Crippen LogP contribution in [0.4, 0.5) is 0 Å². The Kier molecular flexibility index (Phi) is 5.07. The first-order valence-electron chi connectivity index (χ1n) is 9.27. The fourth-order valence-electron chi connectivity index (χ4n) is 3.74. The highest BCUT2D eigenvalue weighted by Gasteiger charge is 2.37. The summed E-state index contributed by atoms with van der Waals surface area (Å²) in [6, 6.07) is 8.40. The van der Waals surface area contributed by atoms with Gasteiger partial charge in [0.05, 0.1) is 12.2 Å². The number of benzene rings is 1. The molecule has 2 fully saturated rings. The number of hydrogen-bond acceptors (Lipinski definition) is 5. The molecule has 2 saturated heterocycles. The minimum atomic E-state index is -0.164. The monoisotopic (exact) mass is 371 g/mol. The number of hydrogen-bond donors (Lipinski definition) is 1. The van der Waals surface area contributed by atoms with Gasteiger partial charge in [0.25, 0.3) is 0 Å². The molecule has 3 heterocycles. The quantitative estimate of drug-likeness (QED) is 0.901. The van der Waals surface area contributed by atoms with E-state index in [0.717, 1.165) is 37.5 Å². The summed E-state index contributed by atoms with van der Waals surface area (Å²) in [6.45, 7) is 6.25. The molecule has 1 amide bonds. The molecule has 1 aromatic heterocycles. The summed E-state index contributed by atoms with van der Waals surface area (Å²) in [5.41, 5.74) is 2.33. The molecule has 138 valence electrons. The fourth-order valence-corrected chi connectivity index (χ4v) is 4.78. The second-order valence-electron chi connectivity index (χ2n) is 7.28. The summed E-state index contributed by atoms with van der Waals surface area (Å²) in [6.07, 6.45) is 4.43. The van der Waals surface area contributed by atoms with E-state index in [1.54, 1.807) is 11.3 Å². The van der Waals surface area contributed by atoms with Crippen molar-refractivity contribution in [1.29, 1.82) is 0 Å². The van der Waals surface area contributed by atoms with Crippen molar-refractivity contribution in [2.75, 3.05) is 26.2 Å². The third kappa shape index (κ3) is 3.82. The van der Waals surface area contributed by atoms with Crippen LogP contribution in [0.15, 0.2) is 30.5 Å². The topological polar surface area (TPSA) is 54.5 Å². The van der Waals surface area contributed by atoms with Gasteiger partial charge in [-0.05, 0) is 25.3 Å². The lowest BCUT2D eigenvalue weighted by Gasteiger charge is -2.40. The highest BCUT2D eigenvalue weighted by Crippen LogP contribution is 2.31. The Morgan fingerprint density at radius 2 is 2.12 bits per heavy atom. The fraction of sp³-hybridized carbons (Fsp3) is 0.500. The molecule has 0 bridgehead atoms. The van der Waals surface area contributed by atoms with Gasteiger partial charge in [0.15, 0.2) is 0 Å². The lowest BCUT2D eigenvalue weighted by Crippen LogP contribution is -2.50. The van der Waals surface area contributed by atoms with Gasteiger partial charge in [0.1, 0.15) is 5.01 Å². The number of aromatic nitrogens is 1. The molecule has 2 aliphatic rings. The normalized spacial score (nSPS) is 20.7. The first-order valence-corrected chi connectivity index (χ1v) is 10.1. The Morgan fingerprint density at radius 3 is 2.92 bits per heavy atom. The van der Waals surface area contributed by atoms with Gasteiger partial charge in [-0.15, -0.1) is 11.3 Å². The first kappa shape index (κ1) is 17.6. The Bertz CT molecular complexity index is 781. The average molecular weight is 372 g/mol. The first-order chi connectivity index (χ1) is 12.6. The number of aryl methyl sites for hydroxylation is 1. The zero-order valence-electron chi connectivity index (χ0n) is 15.2. The summed E-state index contributed by atoms with van der Waals surface area (Å²) >= 11 is 1.78. The zero-order valence-corrected chi connectivity index (χ0v) is 16.0. The van der Waals surface area contributed by atoms with Crippen LogP contribution in [0.25, 0.3) is 10.6 Å². The molecule has 0 saturated carbocycles. The molecule has 0 aliphatic carbocycles. The summed E-state index contributed by atoms with van der Waals surface area (Å²) in [7, 11) is 0. The van der Waals surface area contributed by atoms with E-state index in [4.69, 9.17) is 4.74 Å². The van der Waals surface area contributed by atoms with Gasteiger partial charge in [-0.2, -0.15) is 0 Å². The minimum Gasteiger partial charge on any atom is -0.373 e. The molecule has 1 spiro atoms. The Morgan fingerprint density at radius 1 is 1.31 bits per heavy atom. The van der Waals surface area contributed by atoms with Crippen LogP contribution in [-0.4, -0.2) is 47.6 Å². The van der Waals surface area contributed by atoms with Crippen molar-refractivity contribution in [2.24, 2.45) is 0 Å². The highest BCUT2D eigenvalue weighted by atomic mass is 32.1. The van der Waals surface area contributed by atoms with E-state index in [1.807, 2.05) is 6.20 Å². The predicted octanol–water partition coefficient (Wildman–Crippen LogP) is 2.99. The van der Waals surface area contributed by atoms with Crippen molar-refractivity contribution in [3.63, 3.8) is 0 Å². The van der Waals surface area contributed by atoms with E-state index < -0.39 is 0 Å². The van der Waals surface area contributed by atoms with Crippen LogP contribution in [0.1, 0.15) is 29.7 Å². The minimum absolute atomic E-state index is 0.109. The van der Waals surface area contributed by atoms with E-state index in [2.05, 4.69) is 46.4 Å². The van der Waals surface area contributed by atoms with E-state index in [9.17, 15) is 4.79 Å². The number of carbonyl (C=O) groups is 1. The number of rotatable bonds is 3. The maximum Gasteiger partial charge on any atom is 0.222 e. The highest BCUT2D eigenvalue weighted by molar-refractivity contribution is 7.15. The number of nitrogens with one attached hydrogen (secondary N) is 1. The molecule has 4 rings (SSSR count). The molecular formula is C20H25N3O2S. The molecule has 1 aromatic carbocycles. The second kappa shape index (κ2) is 7.47. The lowest BCUT2D eigenvalue weighted by molar-refractivity contribution is -0.120. The van der Waals surface area contributed by atoms with Gasteiger partial charge in [0, 0.05) is 49.2 Å². The smallest absolute Gasteiger partial charge is 0.222 e. The number of likely N-dealkylation sites (tertiary alicyclic amines) is 1. The third-order valence-corrected chi connectivity index (χ3v) is 6.44. The maximum absolute atomic E-state index is 11.6. The molecule has 5 nitrogen and oxygen atoms in total. The van der Waals surface area contributed by atoms with Gasteiger partial charge in [-0.1, -0.05) is 24.3 Å². The predicted molar refractivity (Wildman–Crippen MR) is 103 cm³/mol. The maximum atomic E-state index is 11.6. The van der Waals surface area contributed by atoms with Crippen LogP contribution < -0.4 is 5.32 Å². The Balaban J connectivity index is 1.36. The summed E-state index contributed by atoms with van der Waals surface area (Å²) in [5.74, 6) is 0.109. The van der Waals surface area contributed by atoms with Crippen molar-refractivity contribution in [1.82, 2.24) is 15.2 Å². The van der Waals surface area contributed by atoms with Gasteiger partial charge in [-0.25, -0.2) is 4.98 Å². The molecule has 0 atom stereocenters. The number of thiazole rings is 1. The summed E-state index contributed by atoms with van der Waals surface area (Å²) in [4.78, 5) is 20.0. The van der Waals surface area contributed by atoms with Crippen LogP contribution >= 0.6 is 11.3 Å². The number of nitrogens with zero attached hydrogens (tertiary/aromatic N) is 2. The van der Waals surface area contributed by atoms with Gasteiger partial charge < -0.3 is 10.1 Å². The van der Waals surface area contributed by atoms with E-state index in [-0.39, 0.29) is 11.5 Å². The second-order valence-corrected chi connectivity index (χ2v) is 8.40. The van der Waals surface area contributed by atoms with Crippen LogP contribution in [0.2, 0.25) is 0 Å². The number of piperidine rings is 1. The van der Waals surface area contributed by atoms with E-state index >= 15 is 0 Å². The largest absolute Gasteiger partial charge is 0.373 e. The molecule has 0 unspecified atom stereocenters. The summed E-state index contributed by atoms with van der Waals surface area (Å²) in [5, 5.41) is 4.10. The van der Waals surface area contributed by atoms with Crippen molar-refractivity contribution in [3.05, 3.63) is 40.9 Å². The molecule has 2 aliphatic heterocycles. The van der Waals surface area contributed by atoms with Crippen molar-refractivity contribution < 1.29 is 9.53 Å². The number of carbonyl (C=O) groups excluding carboxylic acids is 1. The van der Waals surface area contributed by atoms with E-state index in [1.165, 1.54) is 16.0 Å². The van der Waals surface area contributed by atoms with Crippen molar-refractivity contribution in [3.8, 4) is 10.6 Å². The molecule has 6 heteroatoms. The van der Waals surface area contributed by atoms with Crippen LogP contribution in [-0.2, 0) is 16.1 Å². The molecule has 0 radical (unpaired) electrons. The standard InChI is InChI=1S/C20H25N3O2S/c1-15-4-2-3-5-17(15)19-21-12-16(26-19)13-23-9-7-20(8-10-23)14-22-18(24)6-11-25-20/h2-5,12H,6-11,13-14H2,1H3,(H,22,24). The van der Waals surface area contributed by atoms with Gasteiger partial charge >= 0.3 is 0 Å². The molecule has 1 N–H and O–H groups in total. The SMILES string of the molecule is Cc1ccccc1-c1ncc(CN2CCC3(CC2)CNC(=O)CCO3)s1. The zero-order chi connectivity index (χ0) is 18.0.